The van der Waals surface area contributed by atoms with E-state index in [0.29, 0.717) is 0 Å². The molecule has 26 heavy (non-hydrogen) atoms. The molecule has 0 aliphatic carbocycles. The zero-order valence-electron chi connectivity index (χ0n) is 15.7. The second-order valence-electron chi connectivity index (χ2n) is 8.07. The molecule has 1 aromatic heterocycles. The fraction of sp³-hybridized carbons (Fsp3) is 0.591. The van der Waals surface area contributed by atoms with Crippen LogP contribution in [0.2, 0.25) is 0 Å². The van der Waals surface area contributed by atoms with Crippen LogP contribution in [0.15, 0.2) is 30.5 Å². The molecular weight excluding hydrogens is 325 g/mol. The Kier molecular flexibility index (Phi) is 5.81. The molecule has 0 radical (unpaired) electrons. The molecule has 0 unspecified atom stereocenters. The highest BCUT2D eigenvalue weighted by Gasteiger charge is 2.22. The van der Waals surface area contributed by atoms with Crippen molar-refractivity contribution >= 4 is 10.9 Å². The lowest BCUT2D eigenvalue weighted by Gasteiger charge is -2.34. The van der Waals surface area contributed by atoms with Crippen LogP contribution in [0.25, 0.3) is 10.9 Å². The van der Waals surface area contributed by atoms with Crippen molar-refractivity contribution in [2.75, 3.05) is 32.7 Å². The number of fused-ring (bicyclic) bond motifs is 1. The summed E-state index contributed by atoms with van der Waals surface area (Å²) in [6.07, 6.45) is 9.89. The second-order valence-corrected chi connectivity index (χ2v) is 8.07. The molecule has 2 fully saturated rings. The molecule has 4 heteroatoms. The van der Waals surface area contributed by atoms with Crippen LogP contribution in [-0.2, 0) is 6.54 Å². The molecule has 1 aromatic carbocycles. The SMILES string of the molecule is Fc1cc(CN2CCC(CN3CCCCCC3)CC2)c2ncccc2c1. The van der Waals surface area contributed by atoms with Crippen LogP contribution in [-0.4, -0.2) is 47.5 Å². The van der Waals surface area contributed by atoms with Gasteiger partial charge in [-0.2, -0.15) is 0 Å². The first-order valence-electron chi connectivity index (χ1n) is 10.3. The first kappa shape index (κ1) is 17.9. The Bertz CT molecular complexity index is 716. The Morgan fingerprint density at radius 3 is 2.50 bits per heavy atom. The van der Waals surface area contributed by atoms with Crippen molar-refractivity contribution in [3.05, 3.63) is 41.8 Å². The van der Waals surface area contributed by atoms with Crippen LogP contribution in [0.3, 0.4) is 0 Å². The van der Waals surface area contributed by atoms with E-state index in [1.807, 2.05) is 12.1 Å². The van der Waals surface area contributed by atoms with Crippen molar-refractivity contribution in [2.45, 2.75) is 45.1 Å². The first-order chi connectivity index (χ1) is 12.8. The summed E-state index contributed by atoms with van der Waals surface area (Å²) in [5.41, 5.74) is 1.96. The predicted molar refractivity (Wildman–Crippen MR) is 105 cm³/mol. The van der Waals surface area contributed by atoms with Gasteiger partial charge in [-0.15, -0.1) is 0 Å². The van der Waals surface area contributed by atoms with Crippen molar-refractivity contribution in [3.63, 3.8) is 0 Å². The maximum absolute atomic E-state index is 14.0. The number of rotatable bonds is 4. The highest BCUT2D eigenvalue weighted by molar-refractivity contribution is 5.81. The minimum atomic E-state index is -0.156. The number of hydrogen-bond acceptors (Lipinski definition) is 3. The second kappa shape index (κ2) is 8.45. The molecule has 0 spiro atoms. The molecule has 2 saturated heterocycles. The summed E-state index contributed by atoms with van der Waals surface area (Å²) in [4.78, 5) is 9.65. The van der Waals surface area contributed by atoms with Gasteiger partial charge >= 0.3 is 0 Å². The molecule has 0 bridgehead atoms. The number of nitrogens with zero attached hydrogens (tertiary/aromatic N) is 3. The van der Waals surface area contributed by atoms with Crippen molar-refractivity contribution in [1.82, 2.24) is 14.8 Å². The summed E-state index contributed by atoms with van der Waals surface area (Å²) in [7, 11) is 0. The Morgan fingerprint density at radius 2 is 1.73 bits per heavy atom. The van der Waals surface area contributed by atoms with Gasteiger partial charge in [0.15, 0.2) is 0 Å². The molecule has 140 valence electrons. The fourth-order valence-electron chi connectivity index (χ4n) is 4.60. The molecule has 3 nitrogen and oxygen atoms in total. The van der Waals surface area contributed by atoms with E-state index in [1.165, 1.54) is 58.2 Å². The van der Waals surface area contributed by atoms with Gasteiger partial charge in [-0.05, 0) is 81.5 Å². The summed E-state index contributed by atoms with van der Waals surface area (Å²) < 4.78 is 14.0. The summed E-state index contributed by atoms with van der Waals surface area (Å²) in [5, 5.41) is 0.901. The van der Waals surface area contributed by atoms with Crippen molar-refractivity contribution in [2.24, 2.45) is 5.92 Å². The monoisotopic (exact) mass is 355 g/mol. The maximum atomic E-state index is 14.0. The largest absolute Gasteiger partial charge is 0.303 e. The summed E-state index contributed by atoms with van der Waals surface area (Å²) in [6, 6.07) is 7.07. The van der Waals surface area contributed by atoms with Gasteiger partial charge in [-0.1, -0.05) is 18.9 Å². The third-order valence-electron chi connectivity index (χ3n) is 6.06. The zero-order chi connectivity index (χ0) is 17.8. The van der Waals surface area contributed by atoms with Crippen molar-refractivity contribution < 1.29 is 4.39 Å². The summed E-state index contributed by atoms with van der Waals surface area (Å²) in [6.45, 7) is 6.90. The average molecular weight is 356 g/mol. The van der Waals surface area contributed by atoms with E-state index in [0.717, 1.165) is 42.0 Å². The number of benzene rings is 1. The third kappa shape index (κ3) is 4.41. The molecule has 2 aromatic rings. The van der Waals surface area contributed by atoms with E-state index in [2.05, 4.69) is 14.8 Å². The topological polar surface area (TPSA) is 19.4 Å². The first-order valence-corrected chi connectivity index (χ1v) is 10.3. The molecule has 0 atom stereocenters. The van der Waals surface area contributed by atoms with Gasteiger partial charge in [0, 0.05) is 24.7 Å². The molecule has 2 aliphatic rings. The average Bonchev–Trinajstić information content (AvgIpc) is 2.92. The van der Waals surface area contributed by atoms with Crippen molar-refractivity contribution in [3.8, 4) is 0 Å². The van der Waals surface area contributed by atoms with Gasteiger partial charge in [0.2, 0.25) is 0 Å². The van der Waals surface area contributed by atoms with E-state index in [-0.39, 0.29) is 5.82 Å². The van der Waals surface area contributed by atoms with Gasteiger partial charge in [0.25, 0.3) is 0 Å². The smallest absolute Gasteiger partial charge is 0.124 e. The highest BCUT2D eigenvalue weighted by Crippen LogP contribution is 2.24. The van der Waals surface area contributed by atoms with E-state index in [1.54, 1.807) is 18.3 Å². The van der Waals surface area contributed by atoms with Crippen LogP contribution in [0.1, 0.15) is 44.1 Å². The van der Waals surface area contributed by atoms with E-state index >= 15 is 0 Å². The van der Waals surface area contributed by atoms with Crippen LogP contribution < -0.4 is 0 Å². The quantitative estimate of drug-likeness (QED) is 0.807. The van der Waals surface area contributed by atoms with E-state index in [9.17, 15) is 4.39 Å². The van der Waals surface area contributed by atoms with Gasteiger partial charge in [-0.3, -0.25) is 9.88 Å². The normalized spacial score (nSPS) is 21.1. The molecule has 0 amide bonds. The molecule has 3 heterocycles. The third-order valence-corrected chi connectivity index (χ3v) is 6.06. The van der Waals surface area contributed by atoms with Crippen molar-refractivity contribution in [1.29, 1.82) is 0 Å². The van der Waals surface area contributed by atoms with Gasteiger partial charge in [-0.25, -0.2) is 4.39 Å². The Hall–Kier alpha value is -1.52. The van der Waals surface area contributed by atoms with Gasteiger partial charge < -0.3 is 4.90 Å². The van der Waals surface area contributed by atoms with Crippen LogP contribution in [0, 0.1) is 11.7 Å². The minimum Gasteiger partial charge on any atom is -0.303 e. The molecule has 2 aliphatic heterocycles. The molecule has 0 N–H and O–H groups in total. The number of aromatic nitrogens is 1. The lowest BCUT2D eigenvalue weighted by Crippen LogP contribution is -2.38. The van der Waals surface area contributed by atoms with Crippen LogP contribution in [0.4, 0.5) is 4.39 Å². The molecule has 0 saturated carbocycles. The number of hydrogen-bond donors (Lipinski definition) is 0. The lowest BCUT2D eigenvalue weighted by molar-refractivity contribution is 0.140. The fourth-order valence-corrected chi connectivity index (χ4v) is 4.60. The standard InChI is InChI=1S/C22H30FN3/c23-21-14-19-6-5-9-24-22(19)20(15-21)17-26-12-7-18(8-13-26)16-25-10-3-1-2-4-11-25/h5-6,9,14-15,18H,1-4,7-8,10-13,16-17H2. The molecule has 4 rings (SSSR count). The maximum Gasteiger partial charge on any atom is 0.124 e. The Morgan fingerprint density at radius 1 is 0.962 bits per heavy atom. The van der Waals surface area contributed by atoms with E-state index < -0.39 is 0 Å². The summed E-state index contributed by atoms with van der Waals surface area (Å²) >= 11 is 0. The molecular formula is C22H30FN3. The minimum absolute atomic E-state index is 0.156. The predicted octanol–water partition coefficient (Wildman–Crippen LogP) is 4.46. The Balaban J connectivity index is 1.34. The van der Waals surface area contributed by atoms with Gasteiger partial charge in [0.1, 0.15) is 5.82 Å². The number of halogens is 1. The number of pyridine rings is 1. The number of likely N-dealkylation sites (tertiary alicyclic amines) is 2. The van der Waals surface area contributed by atoms with Gasteiger partial charge in [0.05, 0.1) is 5.52 Å². The van der Waals surface area contributed by atoms with Crippen LogP contribution in [0.5, 0.6) is 0 Å². The number of piperidine rings is 1. The lowest BCUT2D eigenvalue weighted by atomic mass is 9.95. The van der Waals surface area contributed by atoms with Crippen LogP contribution >= 0.6 is 0 Å². The highest BCUT2D eigenvalue weighted by atomic mass is 19.1. The zero-order valence-corrected chi connectivity index (χ0v) is 15.7. The van der Waals surface area contributed by atoms with E-state index in [4.69, 9.17) is 0 Å². The Labute approximate surface area is 156 Å². The summed E-state index contributed by atoms with van der Waals surface area (Å²) in [5.74, 6) is 0.670.